The van der Waals surface area contributed by atoms with E-state index in [-0.39, 0.29) is 11.1 Å². The van der Waals surface area contributed by atoms with Gasteiger partial charge in [-0.1, -0.05) is 36.4 Å². The van der Waals surface area contributed by atoms with Crippen molar-refractivity contribution < 1.29 is 43.7 Å². The van der Waals surface area contributed by atoms with Crippen LogP contribution in [0.1, 0.15) is 22.0 Å². The second kappa shape index (κ2) is 7.72. The molecule has 0 bridgehead atoms. The predicted octanol–water partition coefficient (Wildman–Crippen LogP) is 1.96. The van der Waals surface area contributed by atoms with Gasteiger partial charge in [-0.25, -0.2) is 9.36 Å². The normalized spacial score (nSPS) is 24.5. The molecule has 0 aromatic heterocycles. The molecule has 0 amide bonds. The van der Waals surface area contributed by atoms with E-state index in [4.69, 9.17) is 9.26 Å². The summed E-state index contributed by atoms with van der Waals surface area (Å²) in [5, 5.41) is 32.5. The minimum absolute atomic E-state index is 0.0822. The quantitative estimate of drug-likeness (QED) is 0.299. The Morgan fingerprint density at radius 2 is 1.73 bits per heavy atom. The molecular formula is C20H19O9P. The third-order valence-electron chi connectivity index (χ3n) is 5.21. The second-order valence-electron chi connectivity index (χ2n) is 7.08. The molecule has 1 fully saturated rings. The van der Waals surface area contributed by atoms with E-state index in [0.717, 1.165) is 10.8 Å². The van der Waals surface area contributed by atoms with Gasteiger partial charge in [-0.15, -0.1) is 0 Å². The molecule has 3 aromatic rings. The lowest BCUT2D eigenvalue weighted by atomic mass is 9.91. The van der Waals surface area contributed by atoms with E-state index in [0.29, 0.717) is 10.8 Å². The highest BCUT2D eigenvalue weighted by atomic mass is 31.2. The highest BCUT2D eigenvalue weighted by Gasteiger charge is 2.48. The van der Waals surface area contributed by atoms with Crippen molar-refractivity contribution in [1.29, 1.82) is 0 Å². The Kier molecular flexibility index (Phi) is 5.37. The molecule has 0 spiro atoms. The maximum absolute atomic E-state index is 12.2. The number of hydrogen-bond acceptors (Lipinski definition) is 6. The van der Waals surface area contributed by atoms with Crippen LogP contribution in [-0.2, 0) is 13.8 Å². The number of aliphatic hydroxyl groups is 2. The van der Waals surface area contributed by atoms with E-state index >= 15 is 0 Å². The predicted molar refractivity (Wildman–Crippen MR) is 106 cm³/mol. The van der Waals surface area contributed by atoms with Crippen molar-refractivity contribution in [2.24, 2.45) is 0 Å². The van der Waals surface area contributed by atoms with Gasteiger partial charge in [0.25, 0.3) is 0 Å². The topological polar surface area (TPSA) is 154 Å². The Morgan fingerprint density at radius 3 is 2.33 bits per heavy atom. The van der Waals surface area contributed by atoms with Crippen LogP contribution in [0.2, 0.25) is 0 Å². The number of aromatic carboxylic acids is 1. The molecule has 9 nitrogen and oxygen atoms in total. The third kappa shape index (κ3) is 3.73. The van der Waals surface area contributed by atoms with Gasteiger partial charge in [0, 0.05) is 0 Å². The number of fused-ring (bicyclic) bond motifs is 2. The van der Waals surface area contributed by atoms with Crippen molar-refractivity contribution in [2.75, 3.05) is 6.61 Å². The molecular weight excluding hydrogens is 415 g/mol. The summed E-state index contributed by atoms with van der Waals surface area (Å²) >= 11 is 0. The van der Waals surface area contributed by atoms with Gasteiger partial charge >= 0.3 is 13.8 Å². The van der Waals surface area contributed by atoms with Crippen molar-refractivity contribution in [3.63, 3.8) is 0 Å². The molecule has 4 rings (SSSR count). The van der Waals surface area contributed by atoms with Crippen LogP contribution in [-0.4, -0.2) is 56.0 Å². The minimum Gasteiger partial charge on any atom is -0.478 e. The zero-order valence-electron chi connectivity index (χ0n) is 15.5. The van der Waals surface area contributed by atoms with Gasteiger partial charge in [-0.2, -0.15) is 0 Å². The van der Waals surface area contributed by atoms with Crippen molar-refractivity contribution >= 4 is 35.3 Å². The van der Waals surface area contributed by atoms with Gasteiger partial charge in [0.1, 0.15) is 24.4 Å². The molecule has 158 valence electrons. The van der Waals surface area contributed by atoms with Crippen molar-refractivity contribution in [1.82, 2.24) is 0 Å². The summed E-state index contributed by atoms with van der Waals surface area (Å²) in [4.78, 5) is 30.7. The number of benzene rings is 3. The van der Waals surface area contributed by atoms with Gasteiger partial charge in [0.05, 0.1) is 12.2 Å². The Hall–Kier alpha value is -2.36. The van der Waals surface area contributed by atoms with Crippen LogP contribution < -0.4 is 0 Å². The van der Waals surface area contributed by atoms with E-state index in [1.165, 1.54) is 6.07 Å². The van der Waals surface area contributed by atoms with E-state index in [1.54, 1.807) is 12.1 Å². The molecule has 4 atom stereocenters. The second-order valence-corrected chi connectivity index (χ2v) is 8.28. The molecule has 1 unspecified atom stereocenters. The first-order valence-electron chi connectivity index (χ1n) is 9.06. The fraction of sp³-hybridized carbons (Fsp3) is 0.250. The standard InChI is InChI=1S/C20H19O9P/c21-9-15-17(22)19(29-30(25,26)27)18(28-15)13-6-5-12-7-10-3-1-2-4-11(10)8-14(12)16(13)20(23)24/h1-8,15,17-19,21-22H,9H2,(H,23,24)(H2,25,26,27)/t15-,17-,18?,19-/m1/s1. The molecule has 3 aromatic carbocycles. The van der Waals surface area contributed by atoms with Crippen molar-refractivity contribution in [3.05, 3.63) is 59.7 Å². The number of carboxylic acid groups (broad SMARTS) is 1. The van der Waals surface area contributed by atoms with Gasteiger partial charge < -0.3 is 29.8 Å². The Labute approximate surface area is 170 Å². The number of carboxylic acids is 1. The van der Waals surface area contributed by atoms with E-state index < -0.39 is 44.8 Å². The zero-order chi connectivity index (χ0) is 21.6. The zero-order valence-corrected chi connectivity index (χ0v) is 16.3. The molecule has 1 aliphatic rings. The maximum atomic E-state index is 12.2. The van der Waals surface area contributed by atoms with Gasteiger partial charge in [0.2, 0.25) is 0 Å². The summed E-state index contributed by atoms with van der Waals surface area (Å²) in [5.74, 6) is -1.27. The molecule has 1 heterocycles. The number of phosphoric ester groups is 1. The summed E-state index contributed by atoms with van der Waals surface area (Å²) in [5.41, 5.74) is -0.0490. The molecule has 1 aliphatic heterocycles. The highest BCUT2D eigenvalue weighted by molar-refractivity contribution is 7.46. The number of carbonyl (C=O) groups is 1. The first-order chi connectivity index (χ1) is 14.2. The lowest BCUT2D eigenvalue weighted by Crippen LogP contribution is -2.34. The summed E-state index contributed by atoms with van der Waals surface area (Å²) < 4.78 is 21.7. The summed E-state index contributed by atoms with van der Waals surface area (Å²) in [6.45, 7) is -0.640. The molecule has 30 heavy (non-hydrogen) atoms. The fourth-order valence-electron chi connectivity index (χ4n) is 3.92. The number of rotatable bonds is 5. The molecule has 5 N–H and O–H groups in total. The molecule has 0 aliphatic carbocycles. The summed E-state index contributed by atoms with van der Waals surface area (Å²) in [6.07, 6.45) is -5.65. The van der Waals surface area contributed by atoms with Crippen LogP contribution in [0.25, 0.3) is 21.5 Å². The fourth-order valence-corrected chi connectivity index (χ4v) is 4.47. The van der Waals surface area contributed by atoms with Crippen LogP contribution in [0.15, 0.2) is 48.5 Å². The van der Waals surface area contributed by atoms with Gasteiger partial charge in [-0.3, -0.25) is 4.52 Å². The summed E-state index contributed by atoms with van der Waals surface area (Å²) in [6, 6.07) is 14.1. The molecule has 0 radical (unpaired) electrons. The number of aliphatic hydroxyl groups excluding tert-OH is 2. The van der Waals surface area contributed by atoms with Crippen LogP contribution in [0.3, 0.4) is 0 Å². The maximum Gasteiger partial charge on any atom is 0.470 e. The van der Waals surface area contributed by atoms with Crippen LogP contribution in [0.4, 0.5) is 0 Å². The number of hydrogen-bond donors (Lipinski definition) is 5. The number of ether oxygens (including phenoxy) is 1. The first-order valence-corrected chi connectivity index (χ1v) is 10.6. The van der Waals surface area contributed by atoms with Gasteiger partial charge in [-0.05, 0) is 39.2 Å². The average molecular weight is 434 g/mol. The SMILES string of the molecule is O=C(O)c1c(C2O[C@H](CO)[C@@H](O)[C@H]2OP(=O)(O)O)ccc2cc3ccccc3cc12. The third-order valence-corrected chi connectivity index (χ3v) is 5.73. The van der Waals surface area contributed by atoms with E-state index in [1.807, 2.05) is 30.3 Å². The highest BCUT2D eigenvalue weighted by Crippen LogP contribution is 2.47. The minimum atomic E-state index is -5.04. The molecule has 0 saturated carbocycles. The van der Waals surface area contributed by atoms with Crippen LogP contribution in [0.5, 0.6) is 0 Å². The van der Waals surface area contributed by atoms with E-state index in [9.17, 15) is 34.5 Å². The van der Waals surface area contributed by atoms with Crippen molar-refractivity contribution in [2.45, 2.75) is 24.4 Å². The molecule has 10 heteroatoms. The smallest absolute Gasteiger partial charge is 0.470 e. The lowest BCUT2D eigenvalue weighted by Gasteiger charge is -2.23. The first kappa shape index (κ1) is 20.9. The number of phosphoric acid groups is 1. The largest absolute Gasteiger partial charge is 0.478 e. The Bertz CT molecular complexity index is 1170. The lowest BCUT2D eigenvalue weighted by molar-refractivity contribution is -0.0229. The van der Waals surface area contributed by atoms with Gasteiger partial charge in [0.15, 0.2) is 0 Å². The Morgan fingerprint density at radius 1 is 1.07 bits per heavy atom. The Balaban J connectivity index is 1.92. The monoisotopic (exact) mass is 434 g/mol. The van der Waals surface area contributed by atoms with E-state index in [2.05, 4.69) is 0 Å². The average Bonchev–Trinajstić information content (AvgIpc) is 2.99. The summed E-state index contributed by atoms with van der Waals surface area (Å²) in [7, 11) is -5.04. The van der Waals surface area contributed by atoms with Crippen LogP contribution >= 0.6 is 7.82 Å². The molecule has 1 saturated heterocycles. The van der Waals surface area contributed by atoms with Crippen LogP contribution in [0, 0.1) is 0 Å². The van der Waals surface area contributed by atoms with Crippen molar-refractivity contribution in [3.8, 4) is 0 Å².